The van der Waals surface area contributed by atoms with E-state index in [-0.39, 0.29) is 5.54 Å². The maximum atomic E-state index is 3.53. The summed E-state index contributed by atoms with van der Waals surface area (Å²) in [4.78, 5) is 2.59. The van der Waals surface area contributed by atoms with Crippen LogP contribution in [0.4, 0.5) is 5.69 Å². The SMILES string of the molecule is CCC1(c2ccccc2)CCCN1c1ccc(Br)cc1. The van der Waals surface area contributed by atoms with E-state index in [9.17, 15) is 0 Å². The summed E-state index contributed by atoms with van der Waals surface area (Å²) in [6.45, 7) is 3.45. The molecule has 0 aromatic heterocycles. The molecule has 2 aromatic carbocycles. The zero-order valence-electron chi connectivity index (χ0n) is 11.8. The summed E-state index contributed by atoms with van der Waals surface area (Å²) in [7, 11) is 0. The molecule has 2 heteroatoms. The van der Waals surface area contributed by atoms with E-state index in [2.05, 4.69) is 82.4 Å². The van der Waals surface area contributed by atoms with Gasteiger partial charge < -0.3 is 4.90 Å². The molecule has 2 aromatic rings. The predicted octanol–water partition coefficient (Wildman–Crippen LogP) is 5.35. The molecule has 3 rings (SSSR count). The third kappa shape index (κ3) is 2.26. The lowest BCUT2D eigenvalue weighted by molar-refractivity contribution is 0.427. The van der Waals surface area contributed by atoms with Crippen molar-refractivity contribution in [2.24, 2.45) is 0 Å². The molecule has 1 unspecified atom stereocenters. The van der Waals surface area contributed by atoms with Crippen molar-refractivity contribution in [3.8, 4) is 0 Å². The van der Waals surface area contributed by atoms with Crippen LogP contribution in [0.2, 0.25) is 0 Å². The zero-order valence-corrected chi connectivity index (χ0v) is 13.4. The van der Waals surface area contributed by atoms with Crippen LogP contribution < -0.4 is 4.90 Å². The quantitative estimate of drug-likeness (QED) is 0.733. The summed E-state index contributed by atoms with van der Waals surface area (Å²) >= 11 is 3.53. The number of nitrogens with zero attached hydrogens (tertiary/aromatic N) is 1. The standard InChI is InChI=1S/C18H20BrN/c1-2-18(15-7-4-3-5-8-15)13-6-14-20(18)17-11-9-16(19)10-12-17/h3-5,7-12H,2,6,13-14H2,1H3. The minimum Gasteiger partial charge on any atom is -0.362 e. The molecule has 0 spiro atoms. The number of rotatable bonds is 3. The number of anilines is 1. The maximum absolute atomic E-state index is 3.53. The van der Waals surface area contributed by atoms with Crippen LogP contribution in [-0.4, -0.2) is 6.54 Å². The van der Waals surface area contributed by atoms with Gasteiger partial charge in [0.1, 0.15) is 0 Å². The summed E-state index contributed by atoms with van der Waals surface area (Å²) in [6.07, 6.45) is 3.65. The highest BCUT2D eigenvalue weighted by Gasteiger charge is 2.40. The molecule has 0 saturated carbocycles. The van der Waals surface area contributed by atoms with Crippen LogP contribution in [0.25, 0.3) is 0 Å². The van der Waals surface area contributed by atoms with Crippen LogP contribution in [0, 0.1) is 0 Å². The van der Waals surface area contributed by atoms with Gasteiger partial charge in [-0.3, -0.25) is 0 Å². The van der Waals surface area contributed by atoms with E-state index in [1.54, 1.807) is 0 Å². The lowest BCUT2D eigenvalue weighted by atomic mass is 9.84. The van der Waals surface area contributed by atoms with Gasteiger partial charge in [0.2, 0.25) is 0 Å². The molecule has 1 atom stereocenters. The second-order valence-electron chi connectivity index (χ2n) is 5.48. The fourth-order valence-electron chi connectivity index (χ4n) is 3.50. The second kappa shape index (κ2) is 5.61. The minimum absolute atomic E-state index is 0.162. The van der Waals surface area contributed by atoms with Gasteiger partial charge in [-0.2, -0.15) is 0 Å². The van der Waals surface area contributed by atoms with Crippen LogP contribution in [0.1, 0.15) is 31.7 Å². The largest absolute Gasteiger partial charge is 0.362 e. The lowest BCUT2D eigenvalue weighted by Gasteiger charge is -2.40. The fourth-order valence-corrected chi connectivity index (χ4v) is 3.76. The van der Waals surface area contributed by atoms with E-state index in [0.717, 1.165) is 17.4 Å². The van der Waals surface area contributed by atoms with Gasteiger partial charge in [-0.05, 0) is 49.1 Å². The normalized spacial score (nSPS) is 22.2. The number of halogens is 1. The monoisotopic (exact) mass is 329 g/mol. The number of hydrogen-bond acceptors (Lipinski definition) is 1. The first-order valence-electron chi connectivity index (χ1n) is 7.35. The van der Waals surface area contributed by atoms with E-state index < -0.39 is 0 Å². The van der Waals surface area contributed by atoms with Gasteiger partial charge in [0.25, 0.3) is 0 Å². The van der Waals surface area contributed by atoms with Crippen molar-refractivity contribution in [1.82, 2.24) is 0 Å². The van der Waals surface area contributed by atoms with Crippen LogP contribution in [0.3, 0.4) is 0 Å². The summed E-state index contributed by atoms with van der Waals surface area (Å²) < 4.78 is 1.14. The molecule has 1 aliphatic rings. The van der Waals surface area contributed by atoms with Gasteiger partial charge in [-0.15, -0.1) is 0 Å². The van der Waals surface area contributed by atoms with Gasteiger partial charge in [-0.25, -0.2) is 0 Å². The molecule has 0 aliphatic carbocycles. The van der Waals surface area contributed by atoms with Gasteiger partial charge in [0, 0.05) is 16.7 Å². The molecule has 1 saturated heterocycles. The molecule has 0 bridgehead atoms. The second-order valence-corrected chi connectivity index (χ2v) is 6.40. The molecule has 0 amide bonds. The molecule has 104 valence electrons. The molecule has 1 aliphatic heterocycles. The fraction of sp³-hybridized carbons (Fsp3) is 0.333. The summed E-state index contributed by atoms with van der Waals surface area (Å²) in [6, 6.07) is 19.7. The Balaban J connectivity index is 2.03. The smallest absolute Gasteiger partial charge is 0.0651 e. The average Bonchev–Trinajstić information content (AvgIpc) is 2.94. The molecule has 1 nitrogen and oxygen atoms in total. The van der Waals surface area contributed by atoms with Crippen LogP contribution in [0.5, 0.6) is 0 Å². The Labute approximate surface area is 129 Å². The highest BCUT2D eigenvalue weighted by atomic mass is 79.9. The number of benzene rings is 2. The summed E-state index contributed by atoms with van der Waals surface area (Å²) in [5.41, 5.74) is 2.94. The molecule has 1 heterocycles. The Morgan fingerprint density at radius 2 is 1.75 bits per heavy atom. The van der Waals surface area contributed by atoms with Crippen LogP contribution in [-0.2, 0) is 5.54 Å². The van der Waals surface area contributed by atoms with Crippen LogP contribution in [0.15, 0.2) is 59.1 Å². The Kier molecular flexibility index (Phi) is 3.84. The van der Waals surface area contributed by atoms with Crippen molar-refractivity contribution >= 4 is 21.6 Å². The third-order valence-corrected chi connectivity index (χ3v) is 5.05. The Morgan fingerprint density at radius 1 is 1.05 bits per heavy atom. The van der Waals surface area contributed by atoms with Gasteiger partial charge in [-0.1, -0.05) is 53.2 Å². The maximum Gasteiger partial charge on any atom is 0.0651 e. The molecule has 20 heavy (non-hydrogen) atoms. The zero-order chi connectivity index (χ0) is 14.0. The van der Waals surface area contributed by atoms with E-state index in [4.69, 9.17) is 0 Å². The van der Waals surface area contributed by atoms with Crippen molar-refractivity contribution < 1.29 is 0 Å². The van der Waals surface area contributed by atoms with Crippen molar-refractivity contribution in [3.63, 3.8) is 0 Å². The van der Waals surface area contributed by atoms with Crippen molar-refractivity contribution in [2.75, 3.05) is 11.4 Å². The molecular weight excluding hydrogens is 310 g/mol. The predicted molar refractivity (Wildman–Crippen MR) is 89.1 cm³/mol. The van der Waals surface area contributed by atoms with E-state index in [1.807, 2.05) is 0 Å². The lowest BCUT2D eigenvalue weighted by Crippen LogP contribution is -2.40. The summed E-state index contributed by atoms with van der Waals surface area (Å²) in [5, 5.41) is 0. The molecule has 1 fully saturated rings. The van der Waals surface area contributed by atoms with Crippen LogP contribution >= 0.6 is 15.9 Å². The van der Waals surface area contributed by atoms with Gasteiger partial charge >= 0.3 is 0 Å². The topological polar surface area (TPSA) is 3.24 Å². The third-order valence-electron chi connectivity index (χ3n) is 4.52. The highest BCUT2D eigenvalue weighted by molar-refractivity contribution is 9.10. The molecule has 0 radical (unpaired) electrons. The first kappa shape index (κ1) is 13.7. The van der Waals surface area contributed by atoms with Gasteiger partial charge in [0.15, 0.2) is 0 Å². The van der Waals surface area contributed by atoms with E-state index in [1.165, 1.54) is 24.1 Å². The Bertz CT molecular complexity index is 564. The minimum atomic E-state index is 0.162. The van der Waals surface area contributed by atoms with Crippen molar-refractivity contribution in [2.45, 2.75) is 31.7 Å². The van der Waals surface area contributed by atoms with E-state index in [0.29, 0.717) is 0 Å². The molecule has 0 N–H and O–H groups in total. The van der Waals surface area contributed by atoms with E-state index >= 15 is 0 Å². The number of hydrogen-bond donors (Lipinski definition) is 0. The molecular formula is C18H20BrN. The van der Waals surface area contributed by atoms with Crippen molar-refractivity contribution in [1.29, 1.82) is 0 Å². The average molecular weight is 330 g/mol. The highest BCUT2D eigenvalue weighted by Crippen LogP contribution is 2.44. The first-order valence-corrected chi connectivity index (χ1v) is 8.14. The summed E-state index contributed by atoms with van der Waals surface area (Å²) in [5.74, 6) is 0. The Morgan fingerprint density at radius 3 is 2.40 bits per heavy atom. The van der Waals surface area contributed by atoms with Crippen molar-refractivity contribution in [3.05, 3.63) is 64.6 Å². The first-order chi connectivity index (χ1) is 9.76. The van der Waals surface area contributed by atoms with Gasteiger partial charge in [0.05, 0.1) is 5.54 Å². The Hall–Kier alpha value is -1.28.